The van der Waals surface area contributed by atoms with Crippen LogP contribution in [0.15, 0.2) is 72.1 Å². The molecule has 1 aliphatic rings. The van der Waals surface area contributed by atoms with Crippen molar-refractivity contribution in [3.8, 4) is 0 Å². The number of ketones is 1. The van der Waals surface area contributed by atoms with Crippen molar-refractivity contribution in [2.45, 2.75) is 5.92 Å². The molecule has 4 rings (SSSR count). The minimum atomic E-state index is -0.0416. The first kappa shape index (κ1) is 16.4. The average Bonchev–Trinajstić information content (AvgIpc) is 3.33. The highest BCUT2D eigenvalue weighted by Crippen LogP contribution is 2.38. The van der Waals surface area contributed by atoms with Crippen LogP contribution in [0, 0.1) is 5.92 Å². The van der Waals surface area contributed by atoms with E-state index in [2.05, 4.69) is 29.2 Å². The second-order valence-electron chi connectivity index (χ2n) is 6.35. The predicted molar refractivity (Wildman–Crippen MR) is 105 cm³/mol. The maximum absolute atomic E-state index is 13.1. The lowest BCUT2D eigenvalue weighted by Gasteiger charge is -2.18. The number of halogens is 1. The SMILES string of the molecule is O=C(c1cccs1)[C@@H]1CN(c2ccccc2)C[C@H]1c1ccc(Cl)cc1. The van der Waals surface area contributed by atoms with E-state index in [4.69, 9.17) is 11.6 Å². The van der Waals surface area contributed by atoms with Gasteiger partial charge in [-0.25, -0.2) is 0 Å². The van der Waals surface area contributed by atoms with Crippen LogP contribution in [0.3, 0.4) is 0 Å². The van der Waals surface area contributed by atoms with E-state index in [1.807, 2.05) is 47.8 Å². The summed E-state index contributed by atoms with van der Waals surface area (Å²) >= 11 is 7.57. The van der Waals surface area contributed by atoms with Crippen molar-refractivity contribution in [1.29, 1.82) is 0 Å². The largest absolute Gasteiger partial charge is 0.370 e. The smallest absolute Gasteiger partial charge is 0.178 e. The number of thiophene rings is 1. The monoisotopic (exact) mass is 367 g/mol. The number of Topliss-reactive ketones (excluding diaryl/α,β-unsaturated/α-hetero) is 1. The summed E-state index contributed by atoms with van der Waals surface area (Å²) in [6.07, 6.45) is 0. The first-order chi connectivity index (χ1) is 12.2. The van der Waals surface area contributed by atoms with E-state index in [-0.39, 0.29) is 17.6 Å². The highest BCUT2D eigenvalue weighted by Gasteiger charge is 2.39. The fourth-order valence-corrected chi connectivity index (χ4v) is 4.42. The lowest BCUT2D eigenvalue weighted by Crippen LogP contribution is -2.23. The Bertz CT molecular complexity index is 845. The third-order valence-corrected chi connectivity index (χ3v) is 5.98. The third kappa shape index (κ3) is 3.35. The Balaban J connectivity index is 1.67. The molecule has 1 saturated heterocycles. The van der Waals surface area contributed by atoms with Gasteiger partial charge in [-0.2, -0.15) is 0 Å². The average molecular weight is 368 g/mol. The fourth-order valence-electron chi connectivity index (χ4n) is 3.57. The zero-order valence-corrected chi connectivity index (χ0v) is 15.2. The number of anilines is 1. The molecule has 1 aromatic heterocycles. The van der Waals surface area contributed by atoms with Crippen molar-refractivity contribution in [1.82, 2.24) is 0 Å². The molecule has 1 aliphatic heterocycles. The van der Waals surface area contributed by atoms with Gasteiger partial charge in [0.15, 0.2) is 5.78 Å². The van der Waals surface area contributed by atoms with Gasteiger partial charge in [0, 0.05) is 35.6 Å². The van der Waals surface area contributed by atoms with Gasteiger partial charge in [-0.05, 0) is 41.3 Å². The summed E-state index contributed by atoms with van der Waals surface area (Å²) in [6.45, 7) is 1.58. The Hall–Kier alpha value is -2.10. The molecule has 126 valence electrons. The maximum atomic E-state index is 13.1. The van der Waals surface area contributed by atoms with Gasteiger partial charge < -0.3 is 4.90 Å². The van der Waals surface area contributed by atoms with Crippen LogP contribution in [0.25, 0.3) is 0 Å². The van der Waals surface area contributed by atoms with Gasteiger partial charge >= 0.3 is 0 Å². The highest BCUT2D eigenvalue weighted by atomic mass is 35.5. The molecular weight excluding hydrogens is 350 g/mol. The van der Waals surface area contributed by atoms with E-state index in [1.54, 1.807) is 0 Å². The van der Waals surface area contributed by atoms with Crippen LogP contribution in [0.5, 0.6) is 0 Å². The summed E-state index contributed by atoms with van der Waals surface area (Å²) in [5.41, 5.74) is 2.35. The standard InChI is InChI=1S/C21H18ClNOS/c22-16-10-8-15(9-11-16)18-13-23(17-5-2-1-3-6-17)14-19(18)21(24)20-7-4-12-25-20/h1-12,18-19H,13-14H2/t18-,19+/m0/s1. The number of nitrogens with zero attached hydrogens (tertiary/aromatic N) is 1. The summed E-state index contributed by atoms with van der Waals surface area (Å²) < 4.78 is 0. The molecule has 2 aromatic carbocycles. The quantitative estimate of drug-likeness (QED) is 0.567. The Morgan fingerprint density at radius 1 is 0.960 bits per heavy atom. The Morgan fingerprint density at radius 2 is 1.72 bits per heavy atom. The lowest BCUT2D eigenvalue weighted by molar-refractivity contribution is 0.0925. The molecule has 0 N–H and O–H groups in total. The molecule has 1 fully saturated rings. The molecule has 0 spiro atoms. The molecule has 25 heavy (non-hydrogen) atoms. The summed E-state index contributed by atoms with van der Waals surface area (Å²) in [5, 5.41) is 2.69. The summed E-state index contributed by atoms with van der Waals surface area (Å²) in [5.74, 6) is 0.375. The molecule has 0 amide bonds. The van der Waals surface area contributed by atoms with E-state index in [9.17, 15) is 4.79 Å². The van der Waals surface area contributed by atoms with Crippen LogP contribution in [0.2, 0.25) is 5.02 Å². The minimum absolute atomic E-state index is 0.0416. The van der Waals surface area contributed by atoms with Crippen molar-refractivity contribution in [2.75, 3.05) is 18.0 Å². The number of hydrogen-bond acceptors (Lipinski definition) is 3. The van der Waals surface area contributed by atoms with Gasteiger partial charge in [0.05, 0.1) is 4.88 Å². The number of rotatable bonds is 4. The van der Waals surface area contributed by atoms with E-state index in [0.717, 1.165) is 23.0 Å². The molecule has 3 aromatic rings. The van der Waals surface area contributed by atoms with Crippen LogP contribution in [-0.4, -0.2) is 18.9 Å². The first-order valence-electron chi connectivity index (χ1n) is 8.35. The highest BCUT2D eigenvalue weighted by molar-refractivity contribution is 7.12. The van der Waals surface area contributed by atoms with Crippen molar-refractivity contribution in [3.63, 3.8) is 0 Å². The van der Waals surface area contributed by atoms with Crippen molar-refractivity contribution in [3.05, 3.63) is 87.6 Å². The molecule has 0 aliphatic carbocycles. The van der Waals surface area contributed by atoms with Crippen LogP contribution in [-0.2, 0) is 0 Å². The molecule has 0 saturated carbocycles. The molecule has 0 radical (unpaired) electrons. The summed E-state index contributed by atoms with van der Waals surface area (Å²) in [6, 6.07) is 22.1. The van der Waals surface area contributed by atoms with E-state index in [1.165, 1.54) is 22.6 Å². The van der Waals surface area contributed by atoms with Crippen LogP contribution >= 0.6 is 22.9 Å². The Labute approximate surface area is 156 Å². The fraction of sp³-hybridized carbons (Fsp3) is 0.190. The summed E-state index contributed by atoms with van der Waals surface area (Å²) in [4.78, 5) is 16.3. The van der Waals surface area contributed by atoms with E-state index >= 15 is 0 Å². The molecule has 4 heteroatoms. The normalized spacial score (nSPS) is 20.0. The second-order valence-corrected chi connectivity index (χ2v) is 7.73. The Kier molecular flexibility index (Phi) is 4.60. The molecule has 2 heterocycles. The number of para-hydroxylation sites is 1. The van der Waals surface area contributed by atoms with Gasteiger partial charge in [-0.1, -0.05) is 48.0 Å². The van der Waals surface area contributed by atoms with Gasteiger partial charge in [-0.15, -0.1) is 11.3 Å². The number of carbonyl (C=O) groups excluding carboxylic acids is 1. The first-order valence-corrected chi connectivity index (χ1v) is 9.61. The number of benzene rings is 2. The van der Waals surface area contributed by atoms with Crippen LogP contribution in [0.1, 0.15) is 21.2 Å². The molecule has 2 nitrogen and oxygen atoms in total. The van der Waals surface area contributed by atoms with Crippen LogP contribution in [0.4, 0.5) is 5.69 Å². The molecule has 2 atom stereocenters. The van der Waals surface area contributed by atoms with Gasteiger partial charge in [0.25, 0.3) is 0 Å². The zero-order chi connectivity index (χ0) is 17.2. The maximum Gasteiger partial charge on any atom is 0.178 e. The van der Waals surface area contributed by atoms with Gasteiger partial charge in [0.1, 0.15) is 0 Å². The van der Waals surface area contributed by atoms with Crippen molar-refractivity contribution in [2.24, 2.45) is 5.92 Å². The van der Waals surface area contributed by atoms with Crippen LogP contribution < -0.4 is 4.90 Å². The van der Waals surface area contributed by atoms with E-state index < -0.39 is 0 Å². The topological polar surface area (TPSA) is 20.3 Å². The molecule has 0 bridgehead atoms. The van der Waals surface area contributed by atoms with Gasteiger partial charge in [0.2, 0.25) is 0 Å². The molecular formula is C21H18ClNOS. The van der Waals surface area contributed by atoms with Crippen molar-refractivity contribution < 1.29 is 4.79 Å². The lowest BCUT2D eigenvalue weighted by atomic mass is 9.85. The number of hydrogen-bond donors (Lipinski definition) is 0. The minimum Gasteiger partial charge on any atom is -0.370 e. The summed E-state index contributed by atoms with van der Waals surface area (Å²) in [7, 11) is 0. The van der Waals surface area contributed by atoms with Gasteiger partial charge in [-0.3, -0.25) is 4.79 Å². The Morgan fingerprint density at radius 3 is 2.40 bits per heavy atom. The molecule has 0 unspecified atom stereocenters. The third-order valence-electron chi connectivity index (χ3n) is 4.84. The second kappa shape index (κ2) is 7.03. The predicted octanol–water partition coefficient (Wildman–Crippen LogP) is 5.50. The number of carbonyl (C=O) groups is 1. The van der Waals surface area contributed by atoms with E-state index in [0.29, 0.717) is 0 Å². The van der Waals surface area contributed by atoms with Crippen molar-refractivity contribution >= 4 is 34.4 Å². The zero-order valence-electron chi connectivity index (χ0n) is 13.6.